The van der Waals surface area contributed by atoms with Crippen LogP contribution < -0.4 is 11.1 Å². The first kappa shape index (κ1) is 18.5. The minimum Gasteiger partial charge on any atom is -0.346 e. The molecule has 6 nitrogen and oxygen atoms in total. The van der Waals surface area contributed by atoms with E-state index in [0.29, 0.717) is 5.56 Å². The molecular formula is C21H24F2N6. The van der Waals surface area contributed by atoms with Gasteiger partial charge in [-0.25, -0.2) is 13.5 Å². The van der Waals surface area contributed by atoms with Crippen molar-refractivity contribution >= 4 is 12.0 Å². The van der Waals surface area contributed by atoms with Crippen LogP contribution in [0.5, 0.6) is 0 Å². The number of likely N-dealkylation sites (N-methyl/N-ethyl adjacent to an activating group) is 1. The van der Waals surface area contributed by atoms with E-state index in [1.165, 1.54) is 17.7 Å². The number of allylic oxidation sites excluding steroid dienone is 2. The number of nitrogens with one attached hydrogen (secondary N) is 1. The lowest BCUT2D eigenvalue weighted by molar-refractivity contribution is 0.0586. The fraction of sp³-hybridized carbons (Fsp3) is 0.381. The number of hydrogen-bond donors (Lipinski definition) is 2. The van der Waals surface area contributed by atoms with E-state index in [2.05, 4.69) is 10.2 Å². The van der Waals surface area contributed by atoms with Crippen LogP contribution in [-0.2, 0) is 13.1 Å². The summed E-state index contributed by atoms with van der Waals surface area (Å²) in [6.45, 7) is 2.30. The molecule has 8 heteroatoms. The molecule has 29 heavy (non-hydrogen) atoms. The Morgan fingerprint density at radius 2 is 2.07 bits per heavy atom. The number of anilines is 1. The van der Waals surface area contributed by atoms with Crippen molar-refractivity contribution in [3.8, 4) is 0 Å². The number of nitrogens with two attached hydrogens (primary N) is 1. The summed E-state index contributed by atoms with van der Waals surface area (Å²) in [5, 5.41) is 8.01. The van der Waals surface area contributed by atoms with Gasteiger partial charge in [-0.05, 0) is 43.8 Å². The number of likely N-dealkylation sites (tertiary alicyclic amines) is 1. The first-order valence-electron chi connectivity index (χ1n) is 9.86. The van der Waals surface area contributed by atoms with Gasteiger partial charge in [0.15, 0.2) is 0 Å². The van der Waals surface area contributed by atoms with Crippen molar-refractivity contribution in [2.24, 2.45) is 5.73 Å². The smallest absolute Gasteiger partial charge is 0.137 e. The van der Waals surface area contributed by atoms with Gasteiger partial charge in [-0.3, -0.25) is 9.80 Å². The average molecular weight is 398 g/mol. The molecule has 0 bridgehead atoms. The molecule has 5 rings (SSSR count). The Morgan fingerprint density at radius 1 is 1.21 bits per heavy atom. The Balaban J connectivity index is 1.34. The molecule has 4 heterocycles. The van der Waals surface area contributed by atoms with E-state index in [4.69, 9.17) is 10.8 Å². The second-order valence-corrected chi connectivity index (χ2v) is 8.07. The second-order valence-electron chi connectivity index (χ2n) is 8.07. The summed E-state index contributed by atoms with van der Waals surface area (Å²) < 4.78 is 29.9. The van der Waals surface area contributed by atoms with E-state index in [9.17, 15) is 8.78 Å². The normalized spacial score (nSPS) is 26.8. The number of piperidine rings is 1. The lowest BCUT2D eigenvalue weighted by Crippen LogP contribution is -2.54. The van der Waals surface area contributed by atoms with Crippen molar-refractivity contribution < 1.29 is 8.78 Å². The van der Waals surface area contributed by atoms with Gasteiger partial charge in [-0.1, -0.05) is 0 Å². The Hall–Kier alpha value is -2.55. The molecule has 3 atom stereocenters. The molecule has 1 aromatic carbocycles. The quantitative estimate of drug-likeness (QED) is 0.815. The number of fused-ring (bicyclic) bond motifs is 3. The molecule has 3 N–H and O–H groups in total. The zero-order valence-corrected chi connectivity index (χ0v) is 16.2. The maximum atomic E-state index is 14.3. The summed E-state index contributed by atoms with van der Waals surface area (Å²) in [6.07, 6.45) is 8.45. The number of rotatable bonds is 2. The molecule has 1 fully saturated rings. The van der Waals surface area contributed by atoms with Crippen molar-refractivity contribution in [3.05, 3.63) is 65.0 Å². The first-order valence-corrected chi connectivity index (χ1v) is 9.86. The number of benzene rings is 1. The van der Waals surface area contributed by atoms with Crippen LogP contribution in [-0.4, -0.2) is 45.3 Å². The Labute approximate surface area is 168 Å². The maximum Gasteiger partial charge on any atom is 0.137 e. The van der Waals surface area contributed by atoms with Crippen LogP contribution in [0.25, 0.3) is 6.20 Å². The molecular weight excluding hydrogens is 374 g/mol. The third kappa shape index (κ3) is 3.17. The number of aromatic nitrogens is 2. The fourth-order valence-electron chi connectivity index (χ4n) is 4.86. The largest absolute Gasteiger partial charge is 0.346 e. The Morgan fingerprint density at radius 3 is 2.90 bits per heavy atom. The third-order valence-corrected chi connectivity index (χ3v) is 6.18. The van der Waals surface area contributed by atoms with Crippen molar-refractivity contribution in [2.75, 3.05) is 18.9 Å². The molecule has 0 spiro atoms. The molecule has 3 aliphatic heterocycles. The Bertz CT molecular complexity index is 985. The summed E-state index contributed by atoms with van der Waals surface area (Å²) in [7, 11) is 1.93. The van der Waals surface area contributed by atoms with Crippen LogP contribution in [0.1, 0.15) is 29.3 Å². The molecule has 0 saturated carbocycles. The SMILES string of the molecule is CN1C[C@H](N2Cc3nn4c(c3C2)NC=CC=C4)C[C@H](N)C1c1cc(F)ccc1F. The van der Waals surface area contributed by atoms with E-state index in [0.717, 1.165) is 43.6 Å². The molecule has 1 aromatic heterocycles. The summed E-state index contributed by atoms with van der Waals surface area (Å²) in [6, 6.07) is 3.20. The predicted octanol–water partition coefficient (Wildman–Crippen LogP) is 2.66. The van der Waals surface area contributed by atoms with Gasteiger partial charge in [0.2, 0.25) is 0 Å². The van der Waals surface area contributed by atoms with E-state index in [-0.39, 0.29) is 18.1 Å². The zero-order valence-electron chi connectivity index (χ0n) is 16.2. The van der Waals surface area contributed by atoms with Crippen molar-refractivity contribution in [2.45, 2.75) is 37.6 Å². The fourth-order valence-corrected chi connectivity index (χ4v) is 4.86. The van der Waals surface area contributed by atoms with Crippen molar-refractivity contribution in [3.63, 3.8) is 0 Å². The van der Waals surface area contributed by atoms with Crippen molar-refractivity contribution in [1.29, 1.82) is 0 Å². The second kappa shape index (κ2) is 7.05. The Kier molecular flexibility index (Phi) is 4.49. The zero-order chi connectivity index (χ0) is 20.1. The highest BCUT2D eigenvalue weighted by Crippen LogP contribution is 2.37. The average Bonchev–Trinajstić information content (AvgIpc) is 3.14. The summed E-state index contributed by atoms with van der Waals surface area (Å²) in [5.74, 6) is 0.155. The van der Waals surface area contributed by atoms with Gasteiger partial charge in [0.05, 0.1) is 11.7 Å². The third-order valence-electron chi connectivity index (χ3n) is 6.18. The number of hydrogen-bond acceptors (Lipinski definition) is 5. The van der Waals surface area contributed by atoms with Crippen LogP contribution in [0.2, 0.25) is 0 Å². The lowest BCUT2D eigenvalue weighted by Gasteiger charge is -2.44. The standard InChI is InChI=1S/C21H24F2N6/c1-27-10-14(9-18(24)20(27)15-8-13(22)4-5-17(15)23)28-11-16-19(12-28)26-29-7-3-2-6-25-21(16)29/h2-8,14,18,20,25H,9-12,24H2,1H3/t14-,18+,20?/m1/s1. The molecule has 3 aliphatic rings. The highest BCUT2D eigenvalue weighted by molar-refractivity contribution is 5.57. The molecule has 0 aliphatic carbocycles. The van der Waals surface area contributed by atoms with Gasteiger partial charge in [0, 0.05) is 55.2 Å². The molecule has 1 saturated heterocycles. The maximum absolute atomic E-state index is 14.3. The van der Waals surface area contributed by atoms with Gasteiger partial charge in [0.1, 0.15) is 17.5 Å². The predicted molar refractivity (Wildman–Crippen MR) is 108 cm³/mol. The minimum absolute atomic E-state index is 0.231. The van der Waals surface area contributed by atoms with Crippen LogP contribution in [0.15, 0.2) is 36.6 Å². The van der Waals surface area contributed by atoms with Crippen LogP contribution in [0.4, 0.5) is 14.6 Å². The monoisotopic (exact) mass is 398 g/mol. The minimum atomic E-state index is -0.438. The molecule has 1 unspecified atom stereocenters. The molecule has 2 aromatic rings. The van der Waals surface area contributed by atoms with E-state index < -0.39 is 11.6 Å². The van der Waals surface area contributed by atoms with Crippen LogP contribution >= 0.6 is 0 Å². The van der Waals surface area contributed by atoms with Gasteiger partial charge in [0.25, 0.3) is 0 Å². The summed E-state index contributed by atoms with van der Waals surface area (Å²) in [4.78, 5) is 4.43. The highest BCUT2D eigenvalue weighted by Gasteiger charge is 2.39. The van der Waals surface area contributed by atoms with Gasteiger partial charge < -0.3 is 11.1 Å². The van der Waals surface area contributed by atoms with Gasteiger partial charge >= 0.3 is 0 Å². The topological polar surface area (TPSA) is 62.3 Å². The van der Waals surface area contributed by atoms with Gasteiger partial charge in [-0.2, -0.15) is 5.10 Å². The van der Waals surface area contributed by atoms with E-state index in [1.807, 2.05) is 41.2 Å². The highest BCUT2D eigenvalue weighted by atomic mass is 19.1. The summed E-state index contributed by atoms with van der Waals surface area (Å²) in [5.41, 5.74) is 9.09. The van der Waals surface area contributed by atoms with Crippen LogP contribution in [0, 0.1) is 11.6 Å². The molecule has 152 valence electrons. The number of halogens is 2. The summed E-state index contributed by atoms with van der Waals surface area (Å²) >= 11 is 0. The van der Waals surface area contributed by atoms with Crippen LogP contribution in [0.3, 0.4) is 0 Å². The molecule has 0 radical (unpaired) electrons. The van der Waals surface area contributed by atoms with Crippen molar-refractivity contribution in [1.82, 2.24) is 19.6 Å². The van der Waals surface area contributed by atoms with E-state index in [1.54, 1.807) is 0 Å². The molecule has 0 amide bonds. The number of nitrogens with zero attached hydrogens (tertiary/aromatic N) is 4. The first-order chi connectivity index (χ1) is 14.0. The van der Waals surface area contributed by atoms with Gasteiger partial charge in [-0.15, -0.1) is 0 Å². The van der Waals surface area contributed by atoms with E-state index >= 15 is 0 Å². The lowest BCUT2D eigenvalue weighted by atomic mass is 9.88.